The third-order valence-electron chi connectivity index (χ3n) is 4.66. The van der Waals surface area contributed by atoms with E-state index < -0.39 is 0 Å². The van der Waals surface area contributed by atoms with Crippen molar-refractivity contribution in [3.8, 4) is 0 Å². The molecule has 1 aliphatic rings. The van der Waals surface area contributed by atoms with E-state index in [0.717, 1.165) is 18.4 Å². The molecule has 2 heteroatoms. The summed E-state index contributed by atoms with van der Waals surface area (Å²) in [6.07, 6.45) is 4.31. The van der Waals surface area contributed by atoms with Crippen LogP contribution in [0.2, 0.25) is 0 Å². The van der Waals surface area contributed by atoms with Gasteiger partial charge in [-0.05, 0) is 54.7 Å². The smallest absolute Gasteiger partial charge is 0.123 e. The zero-order chi connectivity index (χ0) is 14.0. The molecular weight excluding hydrogens is 237 g/mol. The van der Waals surface area contributed by atoms with Crippen LogP contribution in [0, 0.1) is 23.6 Å². The van der Waals surface area contributed by atoms with Crippen LogP contribution in [0.25, 0.3) is 0 Å². The van der Waals surface area contributed by atoms with Crippen LogP contribution in [0.4, 0.5) is 4.39 Å². The molecule has 1 aliphatic carbocycles. The first kappa shape index (κ1) is 14.5. The molecule has 2 rings (SSSR count). The van der Waals surface area contributed by atoms with Crippen molar-refractivity contribution >= 4 is 0 Å². The number of halogens is 1. The Kier molecular flexibility index (Phi) is 4.29. The number of benzene rings is 1. The second kappa shape index (κ2) is 5.62. The lowest BCUT2D eigenvalue weighted by atomic mass is 9.63. The van der Waals surface area contributed by atoms with Gasteiger partial charge in [0.25, 0.3) is 0 Å². The highest BCUT2D eigenvalue weighted by atomic mass is 19.1. The summed E-state index contributed by atoms with van der Waals surface area (Å²) in [5, 5.41) is 0. The van der Waals surface area contributed by atoms with Crippen molar-refractivity contribution in [3.63, 3.8) is 0 Å². The number of hydrogen-bond donors (Lipinski definition) is 1. The van der Waals surface area contributed by atoms with Crippen molar-refractivity contribution in [1.29, 1.82) is 0 Å². The highest BCUT2D eigenvalue weighted by molar-refractivity contribution is 5.20. The lowest BCUT2D eigenvalue weighted by Crippen LogP contribution is -2.54. The van der Waals surface area contributed by atoms with Crippen molar-refractivity contribution in [2.75, 3.05) is 0 Å². The zero-order valence-corrected chi connectivity index (χ0v) is 12.3. The molecule has 3 atom stereocenters. The minimum atomic E-state index is -0.181. The summed E-state index contributed by atoms with van der Waals surface area (Å²) in [7, 11) is 0. The van der Waals surface area contributed by atoms with Crippen LogP contribution in [-0.2, 0) is 6.42 Å². The molecule has 0 bridgehead atoms. The van der Waals surface area contributed by atoms with Gasteiger partial charge in [-0.3, -0.25) is 0 Å². The van der Waals surface area contributed by atoms with E-state index >= 15 is 0 Å². The third-order valence-corrected chi connectivity index (χ3v) is 4.66. The summed E-state index contributed by atoms with van der Waals surface area (Å²) in [6.45, 7) is 6.80. The normalized spacial score (nSPS) is 31.7. The summed E-state index contributed by atoms with van der Waals surface area (Å²) in [6, 6.07) is 6.90. The lowest BCUT2D eigenvalue weighted by molar-refractivity contribution is 0.109. The minimum Gasteiger partial charge on any atom is -0.325 e. The SMILES string of the molecule is CC1CCC(C(C)C)C(N)(Cc2cccc(F)c2)C1. The van der Waals surface area contributed by atoms with Gasteiger partial charge in [-0.1, -0.05) is 39.3 Å². The predicted molar refractivity (Wildman–Crippen MR) is 78.4 cm³/mol. The monoisotopic (exact) mass is 263 g/mol. The van der Waals surface area contributed by atoms with Gasteiger partial charge in [-0.25, -0.2) is 4.39 Å². The second-order valence-corrected chi connectivity index (χ2v) is 6.78. The Hall–Kier alpha value is -0.890. The van der Waals surface area contributed by atoms with E-state index in [-0.39, 0.29) is 11.4 Å². The number of nitrogens with two attached hydrogens (primary N) is 1. The van der Waals surface area contributed by atoms with Gasteiger partial charge in [0.15, 0.2) is 0 Å². The minimum absolute atomic E-state index is 0.161. The van der Waals surface area contributed by atoms with Crippen LogP contribution < -0.4 is 5.73 Å². The fraction of sp³-hybridized carbons (Fsp3) is 0.647. The van der Waals surface area contributed by atoms with E-state index in [1.165, 1.54) is 18.9 Å². The van der Waals surface area contributed by atoms with Crippen LogP contribution in [0.1, 0.15) is 45.6 Å². The fourth-order valence-electron chi connectivity index (χ4n) is 3.88. The molecule has 3 unspecified atom stereocenters. The van der Waals surface area contributed by atoms with Gasteiger partial charge in [0, 0.05) is 5.54 Å². The Bertz CT molecular complexity index is 429. The number of rotatable bonds is 3. The van der Waals surface area contributed by atoms with Gasteiger partial charge in [0.1, 0.15) is 5.82 Å². The van der Waals surface area contributed by atoms with Crippen LogP contribution in [0.15, 0.2) is 24.3 Å². The van der Waals surface area contributed by atoms with E-state index in [9.17, 15) is 4.39 Å². The van der Waals surface area contributed by atoms with Gasteiger partial charge in [-0.2, -0.15) is 0 Å². The fourth-order valence-corrected chi connectivity index (χ4v) is 3.88. The van der Waals surface area contributed by atoms with E-state index in [2.05, 4.69) is 20.8 Å². The molecule has 0 heterocycles. The molecule has 0 amide bonds. The molecular formula is C17H26FN. The van der Waals surface area contributed by atoms with E-state index in [0.29, 0.717) is 17.8 Å². The summed E-state index contributed by atoms with van der Waals surface area (Å²) >= 11 is 0. The largest absolute Gasteiger partial charge is 0.325 e. The van der Waals surface area contributed by atoms with Crippen LogP contribution in [0.3, 0.4) is 0 Å². The molecule has 2 N–H and O–H groups in total. The average molecular weight is 263 g/mol. The quantitative estimate of drug-likeness (QED) is 0.870. The van der Waals surface area contributed by atoms with Gasteiger partial charge in [-0.15, -0.1) is 0 Å². The summed E-state index contributed by atoms with van der Waals surface area (Å²) < 4.78 is 13.3. The molecule has 1 saturated carbocycles. The second-order valence-electron chi connectivity index (χ2n) is 6.78. The molecule has 0 aromatic heterocycles. The Morgan fingerprint density at radius 2 is 2.11 bits per heavy atom. The van der Waals surface area contributed by atoms with Gasteiger partial charge >= 0.3 is 0 Å². The maximum absolute atomic E-state index is 13.3. The van der Waals surface area contributed by atoms with Gasteiger partial charge in [0.05, 0.1) is 0 Å². The van der Waals surface area contributed by atoms with E-state index in [1.54, 1.807) is 12.1 Å². The highest BCUT2D eigenvalue weighted by Crippen LogP contribution is 2.41. The third kappa shape index (κ3) is 3.36. The molecule has 0 radical (unpaired) electrons. The van der Waals surface area contributed by atoms with Gasteiger partial charge in [0.2, 0.25) is 0 Å². The number of hydrogen-bond acceptors (Lipinski definition) is 1. The topological polar surface area (TPSA) is 26.0 Å². The predicted octanol–water partition coefficient (Wildman–Crippen LogP) is 4.16. The molecule has 1 fully saturated rings. The maximum atomic E-state index is 13.3. The van der Waals surface area contributed by atoms with Crippen molar-refractivity contribution in [1.82, 2.24) is 0 Å². The van der Waals surface area contributed by atoms with E-state index in [1.807, 2.05) is 6.07 Å². The highest BCUT2D eigenvalue weighted by Gasteiger charge is 2.41. The molecule has 0 spiro atoms. The van der Waals surface area contributed by atoms with Crippen LogP contribution >= 0.6 is 0 Å². The molecule has 1 aromatic carbocycles. The first-order chi connectivity index (χ1) is 8.90. The molecule has 1 nitrogen and oxygen atoms in total. The lowest BCUT2D eigenvalue weighted by Gasteiger charge is -2.46. The van der Waals surface area contributed by atoms with E-state index in [4.69, 9.17) is 5.73 Å². The summed E-state index contributed by atoms with van der Waals surface area (Å²) in [4.78, 5) is 0. The molecule has 1 aromatic rings. The molecule has 0 saturated heterocycles. The average Bonchev–Trinajstić information content (AvgIpc) is 2.27. The zero-order valence-electron chi connectivity index (χ0n) is 12.3. The van der Waals surface area contributed by atoms with Crippen molar-refractivity contribution < 1.29 is 4.39 Å². The van der Waals surface area contributed by atoms with Gasteiger partial charge < -0.3 is 5.73 Å². The van der Waals surface area contributed by atoms with Crippen molar-refractivity contribution in [2.45, 2.75) is 52.0 Å². The molecule has 106 valence electrons. The standard InChI is InChI=1S/C17H26FN/c1-12(2)16-8-7-13(3)10-17(16,19)11-14-5-4-6-15(18)9-14/h4-6,9,12-13,16H,7-8,10-11,19H2,1-3H3. The first-order valence-electron chi connectivity index (χ1n) is 7.44. The van der Waals surface area contributed by atoms with Crippen molar-refractivity contribution in [2.24, 2.45) is 23.5 Å². The first-order valence-corrected chi connectivity index (χ1v) is 7.44. The Morgan fingerprint density at radius 1 is 1.37 bits per heavy atom. The molecule has 0 aliphatic heterocycles. The van der Waals surface area contributed by atoms with Crippen molar-refractivity contribution in [3.05, 3.63) is 35.6 Å². The maximum Gasteiger partial charge on any atom is 0.123 e. The summed E-state index contributed by atoms with van der Waals surface area (Å²) in [5.41, 5.74) is 7.60. The Balaban J connectivity index is 2.21. The Morgan fingerprint density at radius 3 is 2.74 bits per heavy atom. The van der Waals surface area contributed by atoms with Crippen LogP contribution in [0.5, 0.6) is 0 Å². The molecule has 19 heavy (non-hydrogen) atoms. The van der Waals surface area contributed by atoms with Crippen LogP contribution in [-0.4, -0.2) is 5.54 Å². The summed E-state index contributed by atoms with van der Waals surface area (Å²) in [5.74, 6) is 1.64. The Labute approximate surface area is 116 Å².